The van der Waals surface area contributed by atoms with Crippen molar-refractivity contribution in [2.75, 3.05) is 13.1 Å². The van der Waals surface area contributed by atoms with E-state index in [1.54, 1.807) is 6.92 Å². The molecule has 1 aromatic heterocycles. The average Bonchev–Trinajstić information content (AvgIpc) is 2.96. The van der Waals surface area contributed by atoms with Crippen LogP contribution in [0.3, 0.4) is 0 Å². The summed E-state index contributed by atoms with van der Waals surface area (Å²) in [4.78, 5) is 23.0. The lowest BCUT2D eigenvalue weighted by atomic mass is 9.98. The number of nitrogens with one attached hydrogen (secondary N) is 1. The van der Waals surface area contributed by atoms with Crippen molar-refractivity contribution in [2.45, 2.75) is 46.2 Å². The molecule has 0 saturated carbocycles. The molecule has 26 heavy (non-hydrogen) atoms. The van der Waals surface area contributed by atoms with E-state index in [1.807, 2.05) is 24.5 Å². The second-order valence-electron chi connectivity index (χ2n) is 7.33. The van der Waals surface area contributed by atoms with Gasteiger partial charge in [0.15, 0.2) is 5.82 Å². The molecule has 1 fully saturated rings. The highest BCUT2D eigenvalue weighted by molar-refractivity contribution is 5.73. The Morgan fingerprint density at radius 3 is 2.69 bits per heavy atom. The largest absolute Gasteiger partial charge is 0.352 e. The topological polar surface area (TPSA) is 58.1 Å². The highest BCUT2D eigenvalue weighted by Crippen LogP contribution is 2.23. The fraction of sp³-hybridized carbons (Fsp3) is 0.476. The minimum Gasteiger partial charge on any atom is -0.352 e. The number of aryl methyl sites for hydroxylation is 1. The normalized spacial score (nSPS) is 20.3. The number of carbonyl (C=O) groups is 1. The molecule has 0 aliphatic carbocycles. The summed E-state index contributed by atoms with van der Waals surface area (Å²) >= 11 is 0. The van der Waals surface area contributed by atoms with Crippen LogP contribution in [0, 0.1) is 12.8 Å². The number of aromatic nitrogens is 2. The lowest BCUT2D eigenvalue weighted by molar-refractivity contribution is -0.119. The van der Waals surface area contributed by atoms with E-state index in [4.69, 9.17) is 0 Å². The van der Waals surface area contributed by atoms with Crippen LogP contribution in [-0.4, -0.2) is 39.9 Å². The maximum absolute atomic E-state index is 11.5. The molecule has 0 bridgehead atoms. The van der Waals surface area contributed by atoms with Crippen LogP contribution < -0.4 is 5.32 Å². The molecule has 138 valence electrons. The van der Waals surface area contributed by atoms with Crippen LogP contribution in [0.2, 0.25) is 0 Å². The molecule has 0 spiro atoms. The number of nitrogens with zero attached hydrogens (tertiary/aromatic N) is 3. The number of rotatable bonds is 6. The second-order valence-corrected chi connectivity index (χ2v) is 7.33. The van der Waals surface area contributed by atoms with Crippen LogP contribution in [0.5, 0.6) is 0 Å². The van der Waals surface area contributed by atoms with Gasteiger partial charge in [0.1, 0.15) is 0 Å². The van der Waals surface area contributed by atoms with Crippen molar-refractivity contribution in [2.24, 2.45) is 5.92 Å². The van der Waals surface area contributed by atoms with Gasteiger partial charge >= 0.3 is 0 Å². The highest BCUT2D eigenvalue weighted by atomic mass is 16.1. The predicted molar refractivity (Wildman–Crippen MR) is 103 cm³/mol. The standard InChI is InChI=1S/C21H28N4O/c1-4-6-19-13-25(14-20(19)24-16(3)26)12-17-10-22-21(23-11-17)18-8-5-7-15(2)9-18/h5,7-11,19-20H,4,6,12-14H2,1-3H3,(H,24,26)/t19-,20-/m0/s1. The molecule has 1 saturated heterocycles. The van der Waals surface area contributed by atoms with E-state index in [0.29, 0.717) is 5.92 Å². The summed E-state index contributed by atoms with van der Waals surface area (Å²) in [6.07, 6.45) is 6.13. The quantitative estimate of drug-likeness (QED) is 0.867. The molecule has 1 N–H and O–H groups in total. The Hall–Kier alpha value is -2.27. The van der Waals surface area contributed by atoms with Crippen molar-refractivity contribution in [3.8, 4) is 11.4 Å². The Balaban J connectivity index is 1.64. The predicted octanol–water partition coefficient (Wildman–Crippen LogP) is 3.19. The molecule has 1 aromatic carbocycles. The second kappa shape index (κ2) is 8.41. The molecular formula is C21H28N4O. The molecule has 0 radical (unpaired) electrons. The van der Waals surface area contributed by atoms with Crippen LogP contribution in [-0.2, 0) is 11.3 Å². The summed E-state index contributed by atoms with van der Waals surface area (Å²) in [6.45, 7) is 8.60. The molecule has 5 heteroatoms. The van der Waals surface area contributed by atoms with Gasteiger partial charge < -0.3 is 5.32 Å². The van der Waals surface area contributed by atoms with Crippen molar-refractivity contribution in [3.63, 3.8) is 0 Å². The van der Waals surface area contributed by atoms with E-state index in [1.165, 1.54) is 5.56 Å². The monoisotopic (exact) mass is 352 g/mol. The van der Waals surface area contributed by atoms with Crippen molar-refractivity contribution in [1.29, 1.82) is 0 Å². The van der Waals surface area contributed by atoms with E-state index in [0.717, 1.165) is 49.4 Å². The number of amides is 1. The van der Waals surface area contributed by atoms with Gasteiger partial charge in [0.2, 0.25) is 5.91 Å². The van der Waals surface area contributed by atoms with Crippen LogP contribution in [0.25, 0.3) is 11.4 Å². The lowest BCUT2D eigenvalue weighted by Gasteiger charge is -2.18. The molecular weight excluding hydrogens is 324 g/mol. The summed E-state index contributed by atoms with van der Waals surface area (Å²) in [5.41, 5.74) is 3.37. The number of hydrogen-bond acceptors (Lipinski definition) is 4. The van der Waals surface area contributed by atoms with E-state index >= 15 is 0 Å². The van der Waals surface area contributed by atoms with Crippen LogP contribution in [0.1, 0.15) is 37.8 Å². The first-order valence-corrected chi connectivity index (χ1v) is 9.42. The molecule has 1 amide bonds. The maximum atomic E-state index is 11.5. The Morgan fingerprint density at radius 2 is 2.04 bits per heavy atom. The maximum Gasteiger partial charge on any atom is 0.217 e. The first-order chi connectivity index (χ1) is 12.5. The molecule has 1 aliphatic rings. The molecule has 0 unspecified atom stereocenters. The zero-order chi connectivity index (χ0) is 18.5. The van der Waals surface area contributed by atoms with E-state index in [9.17, 15) is 4.79 Å². The molecule has 2 heterocycles. The molecule has 2 aromatic rings. The van der Waals surface area contributed by atoms with Crippen molar-refractivity contribution >= 4 is 5.91 Å². The lowest BCUT2D eigenvalue weighted by Crippen LogP contribution is -2.39. The SMILES string of the molecule is CCC[C@H]1CN(Cc2cnc(-c3cccc(C)c3)nc2)C[C@@H]1NC(C)=O. The zero-order valence-electron chi connectivity index (χ0n) is 15.9. The van der Waals surface area contributed by atoms with Crippen LogP contribution >= 0.6 is 0 Å². The van der Waals surface area contributed by atoms with Gasteiger partial charge in [-0.3, -0.25) is 9.69 Å². The first-order valence-electron chi connectivity index (χ1n) is 9.42. The van der Waals surface area contributed by atoms with Crippen molar-refractivity contribution in [1.82, 2.24) is 20.2 Å². The Morgan fingerprint density at radius 1 is 1.27 bits per heavy atom. The third-order valence-electron chi connectivity index (χ3n) is 4.95. The van der Waals surface area contributed by atoms with E-state index in [-0.39, 0.29) is 11.9 Å². The average molecular weight is 352 g/mol. The number of hydrogen-bond donors (Lipinski definition) is 1. The van der Waals surface area contributed by atoms with Gasteiger partial charge in [-0.05, 0) is 25.3 Å². The van der Waals surface area contributed by atoms with Gasteiger partial charge in [-0.15, -0.1) is 0 Å². The molecule has 2 atom stereocenters. The van der Waals surface area contributed by atoms with Gasteiger partial charge in [0.05, 0.1) is 0 Å². The smallest absolute Gasteiger partial charge is 0.217 e. The number of likely N-dealkylation sites (tertiary alicyclic amines) is 1. The van der Waals surface area contributed by atoms with Gasteiger partial charge in [-0.25, -0.2) is 9.97 Å². The van der Waals surface area contributed by atoms with Crippen molar-refractivity contribution in [3.05, 3.63) is 47.8 Å². The number of benzene rings is 1. The molecule has 3 rings (SSSR count). The van der Waals surface area contributed by atoms with Gasteiger partial charge in [-0.2, -0.15) is 0 Å². The Kier molecular flexibility index (Phi) is 5.99. The van der Waals surface area contributed by atoms with Gasteiger partial charge in [0.25, 0.3) is 0 Å². The summed E-state index contributed by atoms with van der Waals surface area (Å²) in [6, 6.07) is 8.49. The highest BCUT2D eigenvalue weighted by Gasteiger charge is 2.32. The summed E-state index contributed by atoms with van der Waals surface area (Å²) in [5.74, 6) is 1.35. The molecule has 1 aliphatic heterocycles. The minimum atomic E-state index is 0.0591. The van der Waals surface area contributed by atoms with Gasteiger partial charge in [-0.1, -0.05) is 37.1 Å². The fourth-order valence-corrected chi connectivity index (χ4v) is 3.81. The van der Waals surface area contributed by atoms with Crippen LogP contribution in [0.15, 0.2) is 36.7 Å². The van der Waals surface area contributed by atoms with E-state index < -0.39 is 0 Å². The van der Waals surface area contributed by atoms with Gasteiger partial charge in [0, 0.05) is 56.1 Å². The third kappa shape index (κ3) is 4.67. The first kappa shape index (κ1) is 18.5. The van der Waals surface area contributed by atoms with Crippen LogP contribution in [0.4, 0.5) is 0 Å². The summed E-state index contributed by atoms with van der Waals surface area (Å²) in [5, 5.41) is 3.12. The number of carbonyl (C=O) groups excluding carboxylic acids is 1. The molecule has 5 nitrogen and oxygen atoms in total. The fourth-order valence-electron chi connectivity index (χ4n) is 3.81. The third-order valence-corrected chi connectivity index (χ3v) is 4.95. The minimum absolute atomic E-state index is 0.0591. The Labute approximate surface area is 155 Å². The summed E-state index contributed by atoms with van der Waals surface area (Å²) in [7, 11) is 0. The van der Waals surface area contributed by atoms with Crippen molar-refractivity contribution < 1.29 is 4.79 Å². The zero-order valence-corrected chi connectivity index (χ0v) is 15.9. The van der Waals surface area contributed by atoms with E-state index in [2.05, 4.69) is 46.2 Å². The summed E-state index contributed by atoms with van der Waals surface area (Å²) < 4.78 is 0. The Bertz CT molecular complexity index is 744.